The third-order valence-corrected chi connectivity index (χ3v) is 6.01. The lowest BCUT2D eigenvalue weighted by Gasteiger charge is -2.27. The van der Waals surface area contributed by atoms with Gasteiger partial charge in [-0.3, -0.25) is 19.3 Å². The molecule has 138 valence electrons. The fourth-order valence-electron chi connectivity index (χ4n) is 3.01. The summed E-state index contributed by atoms with van der Waals surface area (Å²) < 4.78 is 5.59. The first kappa shape index (κ1) is 17.8. The van der Waals surface area contributed by atoms with Crippen LogP contribution in [0.25, 0.3) is 6.08 Å². The molecular weight excluding hydrogens is 384 g/mol. The SMILES string of the molecule is O=C(CN1C(=O)S/C(=C/c2cccs2)C1=O)N[C@@H]1CCOc2ccccc21. The van der Waals surface area contributed by atoms with Crippen molar-refractivity contribution >= 4 is 46.2 Å². The van der Waals surface area contributed by atoms with Crippen molar-refractivity contribution in [2.24, 2.45) is 0 Å². The number of hydrogen-bond acceptors (Lipinski definition) is 6. The van der Waals surface area contributed by atoms with Crippen molar-refractivity contribution in [3.8, 4) is 5.75 Å². The van der Waals surface area contributed by atoms with Crippen molar-refractivity contribution in [1.82, 2.24) is 10.2 Å². The van der Waals surface area contributed by atoms with Crippen LogP contribution in [0.15, 0.2) is 46.7 Å². The van der Waals surface area contributed by atoms with E-state index in [1.807, 2.05) is 41.8 Å². The minimum absolute atomic E-state index is 0.191. The summed E-state index contributed by atoms with van der Waals surface area (Å²) in [4.78, 5) is 39.4. The Labute approximate surface area is 164 Å². The highest BCUT2D eigenvalue weighted by molar-refractivity contribution is 8.18. The Balaban J connectivity index is 1.43. The second-order valence-electron chi connectivity index (χ2n) is 6.08. The molecule has 0 aliphatic carbocycles. The first-order chi connectivity index (χ1) is 13.1. The topological polar surface area (TPSA) is 75.7 Å². The van der Waals surface area contributed by atoms with E-state index in [2.05, 4.69) is 5.32 Å². The van der Waals surface area contributed by atoms with E-state index in [9.17, 15) is 14.4 Å². The van der Waals surface area contributed by atoms with Gasteiger partial charge in [-0.25, -0.2) is 0 Å². The maximum Gasteiger partial charge on any atom is 0.294 e. The lowest BCUT2D eigenvalue weighted by atomic mass is 10.0. The molecule has 1 fully saturated rings. The van der Waals surface area contributed by atoms with Crippen LogP contribution in [0.5, 0.6) is 5.75 Å². The number of thiophene rings is 1. The molecule has 0 spiro atoms. The number of nitrogens with zero attached hydrogens (tertiary/aromatic N) is 1. The minimum Gasteiger partial charge on any atom is -0.493 e. The summed E-state index contributed by atoms with van der Waals surface area (Å²) in [6.07, 6.45) is 2.32. The van der Waals surface area contributed by atoms with Gasteiger partial charge in [0.1, 0.15) is 12.3 Å². The maximum atomic E-state index is 12.5. The summed E-state index contributed by atoms with van der Waals surface area (Å²) >= 11 is 2.34. The van der Waals surface area contributed by atoms with Gasteiger partial charge in [0, 0.05) is 16.9 Å². The molecule has 0 saturated carbocycles. The number of hydrogen-bond donors (Lipinski definition) is 1. The van der Waals surface area contributed by atoms with Crippen molar-refractivity contribution in [3.63, 3.8) is 0 Å². The summed E-state index contributed by atoms with van der Waals surface area (Å²) in [5, 5.41) is 4.38. The Bertz CT molecular complexity index is 924. The Morgan fingerprint density at radius 3 is 2.93 bits per heavy atom. The van der Waals surface area contributed by atoms with Gasteiger partial charge in [-0.2, -0.15) is 0 Å². The fourth-order valence-corrected chi connectivity index (χ4v) is 4.58. The summed E-state index contributed by atoms with van der Waals surface area (Å²) in [7, 11) is 0. The molecule has 1 aromatic carbocycles. The van der Waals surface area contributed by atoms with E-state index in [0.717, 1.165) is 32.9 Å². The number of amides is 3. The molecule has 1 atom stereocenters. The van der Waals surface area contributed by atoms with Crippen molar-refractivity contribution in [1.29, 1.82) is 0 Å². The monoisotopic (exact) mass is 400 g/mol. The number of ether oxygens (including phenoxy) is 1. The van der Waals surface area contributed by atoms with Gasteiger partial charge in [0.25, 0.3) is 11.1 Å². The second kappa shape index (κ2) is 7.58. The van der Waals surface area contributed by atoms with Gasteiger partial charge in [0.15, 0.2) is 0 Å². The fraction of sp³-hybridized carbons (Fsp3) is 0.211. The van der Waals surface area contributed by atoms with Crippen LogP contribution >= 0.6 is 23.1 Å². The van der Waals surface area contributed by atoms with Crippen molar-refractivity contribution in [2.45, 2.75) is 12.5 Å². The highest BCUT2D eigenvalue weighted by Gasteiger charge is 2.36. The number of thioether (sulfide) groups is 1. The predicted molar refractivity (Wildman–Crippen MR) is 104 cm³/mol. The Kier molecular flexibility index (Phi) is 5.00. The number of benzene rings is 1. The smallest absolute Gasteiger partial charge is 0.294 e. The van der Waals surface area contributed by atoms with Gasteiger partial charge in [-0.05, 0) is 35.4 Å². The average Bonchev–Trinajstić information content (AvgIpc) is 3.26. The van der Waals surface area contributed by atoms with Crippen molar-refractivity contribution in [2.75, 3.05) is 13.2 Å². The molecule has 3 heterocycles. The van der Waals surface area contributed by atoms with E-state index >= 15 is 0 Å². The second-order valence-corrected chi connectivity index (χ2v) is 8.05. The number of fused-ring (bicyclic) bond motifs is 1. The maximum absolute atomic E-state index is 12.5. The Hall–Kier alpha value is -2.58. The first-order valence-corrected chi connectivity index (χ1v) is 10.1. The number of rotatable bonds is 4. The quantitative estimate of drug-likeness (QED) is 0.796. The molecule has 1 aromatic heterocycles. The number of imide groups is 1. The molecule has 2 aliphatic rings. The largest absolute Gasteiger partial charge is 0.493 e. The zero-order valence-electron chi connectivity index (χ0n) is 14.2. The van der Waals surface area contributed by atoms with Crippen LogP contribution in [0, 0.1) is 0 Å². The van der Waals surface area contributed by atoms with E-state index in [0.29, 0.717) is 17.9 Å². The molecule has 2 aliphatic heterocycles. The normalized spacial score (nSPS) is 20.5. The highest BCUT2D eigenvalue weighted by atomic mass is 32.2. The molecule has 0 bridgehead atoms. The van der Waals surface area contributed by atoms with Crippen LogP contribution in [0.3, 0.4) is 0 Å². The van der Waals surface area contributed by atoms with E-state index in [1.165, 1.54) is 11.3 Å². The van der Waals surface area contributed by atoms with Gasteiger partial charge in [0.2, 0.25) is 5.91 Å². The number of para-hydroxylation sites is 1. The molecule has 27 heavy (non-hydrogen) atoms. The van der Waals surface area contributed by atoms with Crippen LogP contribution in [0.2, 0.25) is 0 Å². The zero-order chi connectivity index (χ0) is 18.8. The van der Waals surface area contributed by atoms with Gasteiger partial charge < -0.3 is 10.1 Å². The van der Waals surface area contributed by atoms with Crippen LogP contribution in [-0.4, -0.2) is 35.1 Å². The Morgan fingerprint density at radius 2 is 2.11 bits per heavy atom. The van der Waals surface area contributed by atoms with Gasteiger partial charge in [0.05, 0.1) is 17.6 Å². The average molecular weight is 400 g/mol. The first-order valence-electron chi connectivity index (χ1n) is 8.42. The van der Waals surface area contributed by atoms with E-state index in [4.69, 9.17) is 4.74 Å². The zero-order valence-corrected chi connectivity index (χ0v) is 15.8. The molecule has 3 amide bonds. The van der Waals surface area contributed by atoms with Crippen LogP contribution in [0.1, 0.15) is 22.9 Å². The summed E-state index contributed by atoms with van der Waals surface area (Å²) in [6.45, 7) is 0.221. The predicted octanol–water partition coefficient (Wildman–Crippen LogP) is 3.42. The molecular formula is C19H16N2O4S2. The van der Waals surface area contributed by atoms with Gasteiger partial charge in [-0.15, -0.1) is 11.3 Å². The molecule has 0 unspecified atom stereocenters. The molecule has 6 nitrogen and oxygen atoms in total. The van der Waals surface area contributed by atoms with Crippen molar-refractivity contribution in [3.05, 3.63) is 57.1 Å². The highest BCUT2D eigenvalue weighted by Crippen LogP contribution is 2.34. The van der Waals surface area contributed by atoms with Gasteiger partial charge in [-0.1, -0.05) is 24.3 Å². The van der Waals surface area contributed by atoms with E-state index in [1.54, 1.807) is 6.08 Å². The minimum atomic E-state index is -0.430. The Morgan fingerprint density at radius 1 is 1.26 bits per heavy atom. The lowest BCUT2D eigenvalue weighted by Crippen LogP contribution is -2.41. The molecule has 1 N–H and O–H groups in total. The molecule has 0 radical (unpaired) electrons. The standard InChI is InChI=1S/C19H16N2O4S2/c22-17(20-14-7-8-25-15-6-2-1-5-13(14)15)11-21-18(23)16(27-19(21)24)10-12-4-3-9-26-12/h1-6,9-10,14H,7-8,11H2,(H,20,22)/b16-10+/t14-/m1/s1. The summed E-state index contributed by atoms with van der Waals surface area (Å²) in [5.41, 5.74) is 0.906. The third kappa shape index (κ3) is 3.77. The molecule has 2 aromatic rings. The molecule has 1 saturated heterocycles. The lowest BCUT2D eigenvalue weighted by molar-refractivity contribution is -0.129. The molecule has 4 rings (SSSR count). The van der Waals surface area contributed by atoms with E-state index in [-0.39, 0.29) is 18.5 Å². The summed E-state index contributed by atoms with van der Waals surface area (Å²) in [6, 6.07) is 11.1. The van der Waals surface area contributed by atoms with Gasteiger partial charge >= 0.3 is 0 Å². The van der Waals surface area contributed by atoms with E-state index < -0.39 is 11.1 Å². The third-order valence-electron chi connectivity index (χ3n) is 4.29. The van der Waals surface area contributed by atoms with Crippen LogP contribution in [-0.2, 0) is 9.59 Å². The number of nitrogens with one attached hydrogen (secondary N) is 1. The van der Waals surface area contributed by atoms with Crippen LogP contribution < -0.4 is 10.1 Å². The van der Waals surface area contributed by atoms with Crippen LogP contribution in [0.4, 0.5) is 4.79 Å². The molecule has 8 heteroatoms. The summed E-state index contributed by atoms with van der Waals surface area (Å²) in [5.74, 6) is -0.0450. The number of carbonyl (C=O) groups excluding carboxylic acids is 3. The number of carbonyl (C=O) groups is 3. The van der Waals surface area contributed by atoms with Crippen molar-refractivity contribution < 1.29 is 19.1 Å².